The third-order valence-electron chi connectivity index (χ3n) is 0.787. The standard InChI is InChI=1S/C7H10O/c1-3-5-6-7(8)4-2/h2-3,5,7-8H,6H2,1H3. The third-order valence-corrected chi connectivity index (χ3v) is 0.787. The lowest BCUT2D eigenvalue weighted by atomic mass is 10.2. The first-order valence-corrected chi connectivity index (χ1v) is 2.56. The molecule has 0 amide bonds. The van der Waals surface area contributed by atoms with Crippen LogP contribution in [0.15, 0.2) is 12.2 Å². The molecule has 0 spiro atoms. The Morgan fingerprint density at radius 1 is 1.88 bits per heavy atom. The van der Waals surface area contributed by atoms with Crippen LogP contribution in [0, 0.1) is 12.3 Å². The van der Waals surface area contributed by atoms with Crippen LogP contribution >= 0.6 is 0 Å². The molecule has 0 heterocycles. The first-order valence-electron chi connectivity index (χ1n) is 2.56. The number of allylic oxidation sites excluding steroid dienone is 1. The van der Waals surface area contributed by atoms with Crippen molar-refractivity contribution in [3.05, 3.63) is 12.2 Å². The van der Waals surface area contributed by atoms with E-state index in [0.29, 0.717) is 6.42 Å². The molecule has 0 aliphatic heterocycles. The van der Waals surface area contributed by atoms with Gasteiger partial charge in [0.2, 0.25) is 0 Å². The highest BCUT2D eigenvalue weighted by Gasteiger charge is 1.90. The van der Waals surface area contributed by atoms with Crippen LogP contribution in [-0.2, 0) is 0 Å². The molecule has 0 saturated heterocycles. The molecule has 0 aliphatic rings. The highest BCUT2D eigenvalue weighted by atomic mass is 16.3. The predicted molar refractivity (Wildman–Crippen MR) is 34.3 cm³/mol. The molecule has 44 valence electrons. The van der Waals surface area contributed by atoms with Crippen molar-refractivity contribution >= 4 is 0 Å². The first kappa shape index (κ1) is 7.26. The Balaban J connectivity index is 3.28. The van der Waals surface area contributed by atoms with Gasteiger partial charge in [0.05, 0.1) is 0 Å². The molecular formula is C7H10O. The minimum atomic E-state index is -0.605. The van der Waals surface area contributed by atoms with Gasteiger partial charge in [0.1, 0.15) is 6.10 Å². The monoisotopic (exact) mass is 110 g/mol. The summed E-state index contributed by atoms with van der Waals surface area (Å²) >= 11 is 0. The Kier molecular flexibility index (Phi) is 4.01. The summed E-state index contributed by atoms with van der Waals surface area (Å²) in [5, 5.41) is 8.70. The molecule has 0 bridgehead atoms. The van der Waals surface area contributed by atoms with E-state index in [1.165, 1.54) is 0 Å². The van der Waals surface area contributed by atoms with Crippen molar-refractivity contribution in [1.29, 1.82) is 0 Å². The summed E-state index contributed by atoms with van der Waals surface area (Å²) in [6.45, 7) is 1.89. The largest absolute Gasteiger partial charge is 0.380 e. The topological polar surface area (TPSA) is 20.2 Å². The molecule has 0 saturated carbocycles. The molecular weight excluding hydrogens is 100 g/mol. The van der Waals surface area contributed by atoms with Crippen molar-refractivity contribution in [3.8, 4) is 12.3 Å². The summed E-state index contributed by atoms with van der Waals surface area (Å²) in [5.41, 5.74) is 0. The zero-order valence-corrected chi connectivity index (χ0v) is 4.96. The van der Waals surface area contributed by atoms with Gasteiger partial charge in [-0.25, -0.2) is 0 Å². The van der Waals surface area contributed by atoms with Crippen LogP contribution in [-0.4, -0.2) is 11.2 Å². The smallest absolute Gasteiger partial charge is 0.117 e. The van der Waals surface area contributed by atoms with E-state index < -0.39 is 6.10 Å². The Morgan fingerprint density at radius 2 is 2.50 bits per heavy atom. The summed E-state index contributed by atoms with van der Waals surface area (Å²) in [7, 11) is 0. The van der Waals surface area contributed by atoms with Gasteiger partial charge in [-0.05, 0) is 6.92 Å². The highest BCUT2D eigenvalue weighted by molar-refractivity contribution is 4.97. The van der Waals surface area contributed by atoms with Crippen molar-refractivity contribution in [2.45, 2.75) is 19.4 Å². The molecule has 1 atom stereocenters. The molecule has 0 fully saturated rings. The molecule has 8 heavy (non-hydrogen) atoms. The van der Waals surface area contributed by atoms with E-state index in [-0.39, 0.29) is 0 Å². The van der Waals surface area contributed by atoms with E-state index in [1.807, 2.05) is 19.1 Å². The molecule has 1 N–H and O–H groups in total. The fourth-order valence-electron chi connectivity index (χ4n) is 0.333. The van der Waals surface area contributed by atoms with Crippen LogP contribution in [0.1, 0.15) is 13.3 Å². The maximum atomic E-state index is 8.70. The lowest BCUT2D eigenvalue weighted by Gasteiger charge is -1.93. The maximum Gasteiger partial charge on any atom is 0.117 e. The quantitative estimate of drug-likeness (QED) is 0.414. The minimum Gasteiger partial charge on any atom is -0.380 e. The molecule has 0 aliphatic carbocycles. The molecule has 1 unspecified atom stereocenters. The number of hydrogen-bond acceptors (Lipinski definition) is 1. The minimum absolute atomic E-state index is 0.562. The van der Waals surface area contributed by atoms with Crippen LogP contribution in [0.2, 0.25) is 0 Å². The predicted octanol–water partition coefficient (Wildman–Crippen LogP) is 0.947. The average Bonchev–Trinajstić information content (AvgIpc) is 1.83. The van der Waals surface area contributed by atoms with Gasteiger partial charge < -0.3 is 5.11 Å². The summed E-state index contributed by atoms with van der Waals surface area (Å²) < 4.78 is 0. The van der Waals surface area contributed by atoms with E-state index in [0.717, 1.165) is 0 Å². The second-order valence-corrected chi connectivity index (χ2v) is 1.49. The average molecular weight is 110 g/mol. The second-order valence-electron chi connectivity index (χ2n) is 1.49. The van der Waals surface area contributed by atoms with Gasteiger partial charge in [-0.15, -0.1) is 6.42 Å². The summed E-state index contributed by atoms with van der Waals surface area (Å²) in [6, 6.07) is 0. The Hall–Kier alpha value is -0.740. The molecule has 0 aromatic rings. The van der Waals surface area contributed by atoms with Crippen molar-refractivity contribution in [3.63, 3.8) is 0 Å². The molecule has 0 aromatic carbocycles. The van der Waals surface area contributed by atoms with Crippen molar-refractivity contribution < 1.29 is 5.11 Å². The van der Waals surface area contributed by atoms with Gasteiger partial charge in [-0.2, -0.15) is 0 Å². The zero-order chi connectivity index (χ0) is 6.41. The summed E-state index contributed by atoms with van der Waals surface area (Å²) in [6.07, 6.45) is 8.54. The number of terminal acetylenes is 1. The van der Waals surface area contributed by atoms with E-state index in [4.69, 9.17) is 11.5 Å². The Bertz CT molecular complexity index is 108. The summed E-state index contributed by atoms with van der Waals surface area (Å²) in [4.78, 5) is 0. The van der Waals surface area contributed by atoms with Crippen molar-refractivity contribution in [2.24, 2.45) is 0 Å². The van der Waals surface area contributed by atoms with Gasteiger partial charge >= 0.3 is 0 Å². The zero-order valence-electron chi connectivity index (χ0n) is 4.96. The van der Waals surface area contributed by atoms with Gasteiger partial charge in [0, 0.05) is 6.42 Å². The van der Waals surface area contributed by atoms with Gasteiger partial charge in [-0.1, -0.05) is 18.1 Å². The van der Waals surface area contributed by atoms with Crippen molar-refractivity contribution in [2.75, 3.05) is 0 Å². The van der Waals surface area contributed by atoms with E-state index in [2.05, 4.69) is 5.92 Å². The number of hydrogen-bond donors (Lipinski definition) is 1. The first-order chi connectivity index (χ1) is 3.81. The Labute approximate surface area is 50.0 Å². The fourth-order valence-corrected chi connectivity index (χ4v) is 0.333. The third kappa shape index (κ3) is 3.45. The van der Waals surface area contributed by atoms with Crippen LogP contribution in [0.5, 0.6) is 0 Å². The van der Waals surface area contributed by atoms with E-state index in [9.17, 15) is 0 Å². The highest BCUT2D eigenvalue weighted by Crippen LogP contribution is 1.88. The summed E-state index contributed by atoms with van der Waals surface area (Å²) in [5.74, 6) is 2.20. The molecule has 0 radical (unpaired) electrons. The molecule has 0 aromatic heterocycles. The number of rotatable bonds is 2. The molecule has 1 heteroatoms. The van der Waals surface area contributed by atoms with Crippen LogP contribution in [0.4, 0.5) is 0 Å². The lowest BCUT2D eigenvalue weighted by Crippen LogP contribution is -1.98. The Morgan fingerprint density at radius 3 is 2.88 bits per heavy atom. The SMILES string of the molecule is C#CC(O)CC=CC. The van der Waals surface area contributed by atoms with E-state index >= 15 is 0 Å². The molecule has 1 nitrogen and oxygen atoms in total. The fraction of sp³-hybridized carbons (Fsp3) is 0.429. The van der Waals surface area contributed by atoms with Crippen LogP contribution in [0.3, 0.4) is 0 Å². The number of aliphatic hydroxyl groups is 1. The molecule has 0 rings (SSSR count). The van der Waals surface area contributed by atoms with Gasteiger partial charge in [-0.3, -0.25) is 0 Å². The normalized spacial score (nSPS) is 13.6. The van der Waals surface area contributed by atoms with Gasteiger partial charge in [0.15, 0.2) is 0 Å². The van der Waals surface area contributed by atoms with Crippen molar-refractivity contribution in [1.82, 2.24) is 0 Å². The number of aliphatic hydroxyl groups excluding tert-OH is 1. The maximum absolute atomic E-state index is 8.70. The van der Waals surface area contributed by atoms with Gasteiger partial charge in [0.25, 0.3) is 0 Å². The van der Waals surface area contributed by atoms with E-state index in [1.54, 1.807) is 0 Å². The second kappa shape index (κ2) is 4.42. The van der Waals surface area contributed by atoms with Crippen LogP contribution in [0.25, 0.3) is 0 Å². The lowest BCUT2D eigenvalue weighted by molar-refractivity contribution is 0.236. The van der Waals surface area contributed by atoms with Crippen LogP contribution < -0.4 is 0 Å².